The average Bonchev–Trinajstić information content (AvgIpc) is 3.02. The third-order valence-corrected chi connectivity index (χ3v) is 3.61. The largest absolute Gasteiger partial charge is 0.467 e. The fourth-order valence-electron chi connectivity index (χ4n) is 2.30. The summed E-state index contributed by atoms with van der Waals surface area (Å²) in [6, 6.07) is 3.42. The van der Waals surface area contributed by atoms with Crippen LogP contribution in [0.2, 0.25) is 0 Å². The van der Waals surface area contributed by atoms with Gasteiger partial charge in [-0.15, -0.1) is 0 Å². The lowest BCUT2D eigenvalue weighted by Crippen LogP contribution is -2.40. The lowest BCUT2D eigenvalue weighted by atomic mass is 10.1. The molecule has 0 bridgehead atoms. The van der Waals surface area contributed by atoms with Gasteiger partial charge in [0.25, 0.3) is 5.56 Å². The van der Waals surface area contributed by atoms with Gasteiger partial charge < -0.3 is 19.4 Å². The lowest BCUT2D eigenvalue weighted by molar-refractivity contribution is 0.128. The Bertz CT molecular complexity index is 730. The van der Waals surface area contributed by atoms with Crippen LogP contribution in [0.15, 0.2) is 38.6 Å². The summed E-state index contributed by atoms with van der Waals surface area (Å²) >= 11 is 0. The standard InChI is InChI=1S/C15H21N3O4/c1-10(7-12(19)13-5-4-6-22-13)16-8-11-9-17(2)15(21)18(3)14(11)20/h4-6,9-10,12,16,19H,7-8H2,1-3H3. The number of nitrogens with zero attached hydrogens (tertiary/aromatic N) is 2. The molecule has 7 nitrogen and oxygen atoms in total. The number of hydrogen-bond acceptors (Lipinski definition) is 5. The zero-order valence-electron chi connectivity index (χ0n) is 12.9. The van der Waals surface area contributed by atoms with Gasteiger partial charge in [-0.1, -0.05) is 0 Å². The molecule has 0 fully saturated rings. The summed E-state index contributed by atoms with van der Waals surface area (Å²) in [4.78, 5) is 23.6. The average molecular weight is 307 g/mol. The van der Waals surface area contributed by atoms with E-state index in [0.29, 0.717) is 24.3 Å². The Labute approximate surface area is 127 Å². The molecule has 22 heavy (non-hydrogen) atoms. The molecule has 0 aromatic carbocycles. The van der Waals surface area contributed by atoms with Gasteiger partial charge in [0.15, 0.2) is 0 Å². The Morgan fingerprint density at radius 2 is 2.09 bits per heavy atom. The van der Waals surface area contributed by atoms with Gasteiger partial charge in [-0.05, 0) is 25.5 Å². The molecule has 120 valence electrons. The first-order valence-corrected chi connectivity index (χ1v) is 7.10. The first-order valence-electron chi connectivity index (χ1n) is 7.10. The van der Waals surface area contributed by atoms with Crippen LogP contribution in [0.3, 0.4) is 0 Å². The van der Waals surface area contributed by atoms with Crippen molar-refractivity contribution in [3.8, 4) is 0 Å². The molecular formula is C15H21N3O4. The molecule has 0 aliphatic rings. The number of nitrogens with one attached hydrogen (secondary N) is 1. The molecule has 0 radical (unpaired) electrons. The predicted molar refractivity (Wildman–Crippen MR) is 81.5 cm³/mol. The molecule has 0 spiro atoms. The first kappa shape index (κ1) is 16.3. The highest BCUT2D eigenvalue weighted by Crippen LogP contribution is 2.18. The van der Waals surface area contributed by atoms with Crippen LogP contribution in [-0.4, -0.2) is 20.3 Å². The summed E-state index contributed by atoms with van der Waals surface area (Å²) in [5, 5.41) is 13.2. The van der Waals surface area contributed by atoms with E-state index in [9.17, 15) is 14.7 Å². The maximum absolute atomic E-state index is 12.0. The minimum Gasteiger partial charge on any atom is -0.467 e. The summed E-state index contributed by atoms with van der Waals surface area (Å²) in [5.41, 5.74) is -0.159. The van der Waals surface area contributed by atoms with Gasteiger partial charge >= 0.3 is 5.69 Å². The van der Waals surface area contributed by atoms with E-state index in [-0.39, 0.29) is 17.3 Å². The minimum atomic E-state index is -0.694. The minimum absolute atomic E-state index is 0.0259. The quantitative estimate of drug-likeness (QED) is 0.800. The maximum atomic E-state index is 12.0. The van der Waals surface area contributed by atoms with E-state index in [4.69, 9.17) is 4.42 Å². The van der Waals surface area contributed by atoms with Crippen LogP contribution < -0.4 is 16.6 Å². The zero-order chi connectivity index (χ0) is 16.3. The molecule has 7 heteroatoms. The van der Waals surface area contributed by atoms with E-state index in [1.165, 1.54) is 24.1 Å². The third kappa shape index (κ3) is 3.55. The number of aryl methyl sites for hydroxylation is 1. The van der Waals surface area contributed by atoms with Crippen molar-refractivity contribution < 1.29 is 9.52 Å². The van der Waals surface area contributed by atoms with E-state index in [1.807, 2.05) is 6.92 Å². The normalized spacial score (nSPS) is 14.0. The van der Waals surface area contributed by atoms with Crippen LogP contribution in [0.25, 0.3) is 0 Å². The van der Waals surface area contributed by atoms with Crippen molar-refractivity contribution in [2.24, 2.45) is 14.1 Å². The van der Waals surface area contributed by atoms with Crippen LogP contribution in [0, 0.1) is 0 Å². The summed E-state index contributed by atoms with van der Waals surface area (Å²) in [7, 11) is 3.06. The fraction of sp³-hybridized carbons (Fsp3) is 0.467. The van der Waals surface area contributed by atoms with Gasteiger partial charge in [0.2, 0.25) is 0 Å². The van der Waals surface area contributed by atoms with Crippen LogP contribution in [0.5, 0.6) is 0 Å². The Hall–Kier alpha value is -2.12. The van der Waals surface area contributed by atoms with Crippen molar-refractivity contribution in [1.82, 2.24) is 14.5 Å². The number of hydrogen-bond donors (Lipinski definition) is 2. The van der Waals surface area contributed by atoms with E-state index >= 15 is 0 Å². The molecule has 0 aliphatic carbocycles. The Kier molecular flexibility index (Phi) is 4.99. The topological polar surface area (TPSA) is 89.4 Å². The van der Waals surface area contributed by atoms with Gasteiger partial charge in [-0.3, -0.25) is 9.36 Å². The Morgan fingerprint density at radius 1 is 1.36 bits per heavy atom. The summed E-state index contributed by atoms with van der Waals surface area (Å²) in [6.07, 6.45) is 2.82. The van der Waals surface area contributed by atoms with E-state index in [0.717, 1.165) is 4.57 Å². The second-order valence-corrected chi connectivity index (χ2v) is 5.46. The molecule has 2 atom stereocenters. The van der Waals surface area contributed by atoms with Crippen LogP contribution in [-0.2, 0) is 20.6 Å². The Morgan fingerprint density at radius 3 is 2.73 bits per heavy atom. The second kappa shape index (κ2) is 6.76. The monoisotopic (exact) mass is 307 g/mol. The number of aromatic nitrogens is 2. The fourth-order valence-corrected chi connectivity index (χ4v) is 2.30. The van der Waals surface area contributed by atoms with Gasteiger partial charge in [-0.2, -0.15) is 0 Å². The predicted octanol–water partition coefficient (Wildman–Crippen LogP) is 0.279. The van der Waals surface area contributed by atoms with Crippen molar-refractivity contribution in [2.75, 3.05) is 0 Å². The molecule has 2 aromatic rings. The molecule has 2 unspecified atom stereocenters. The van der Waals surface area contributed by atoms with Crippen LogP contribution in [0.4, 0.5) is 0 Å². The number of furan rings is 1. The molecule has 0 saturated heterocycles. The molecule has 0 saturated carbocycles. The van der Waals surface area contributed by atoms with E-state index in [1.54, 1.807) is 19.2 Å². The van der Waals surface area contributed by atoms with Crippen LogP contribution in [0.1, 0.15) is 30.8 Å². The molecule has 2 rings (SSSR count). The smallest absolute Gasteiger partial charge is 0.330 e. The molecule has 2 heterocycles. The van der Waals surface area contributed by atoms with E-state index < -0.39 is 6.10 Å². The number of rotatable bonds is 6. The van der Waals surface area contributed by atoms with Gasteiger partial charge in [0.1, 0.15) is 11.9 Å². The molecule has 0 amide bonds. The maximum Gasteiger partial charge on any atom is 0.330 e. The molecular weight excluding hydrogens is 286 g/mol. The summed E-state index contributed by atoms with van der Waals surface area (Å²) < 4.78 is 7.61. The third-order valence-electron chi connectivity index (χ3n) is 3.61. The highest BCUT2D eigenvalue weighted by molar-refractivity contribution is 5.06. The highest BCUT2D eigenvalue weighted by atomic mass is 16.4. The first-order chi connectivity index (χ1) is 10.4. The second-order valence-electron chi connectivity index (χ2n) is 5.46. The van der Waals surface area contributed by atoms with Gasteiger partial charge in [0, 0.05) is 38.4 Å². The van der Waals surface area contributed by atoms with Crippen LogP contribution >= 0.6 is 0 Å². The number of aliphatic hydroxyl groups is 1. The van der Waals surface area contributed by atoms with Gasteiger partial charge in [-0.25, -0.2) is 4.79 Å². The lowest BCUT2D eigenvalue weighted by Gasteiger charge is -2.17. The number of aliphatic hydroxyl groups excluding tert-OH is 1. The Balaban J connectivity index is 1.98. The molecule has 2 aromatic heterocycles. The summed E-state index contributed by atoms with van der Waals surface area (Å²) in [6.45, 7) is 2.24. The van der Waals surface area contributed by atoms with Crippen molar-refractivity contribution in [1.29, 1.82) is 0 Å². The van der Waals surface area contributed by atoms with Gasteiger partial charge in [0.05, 0.1) is 6.26 Å². The molecule has 2 N–H and O–H groups in total. The zero-order valence-corrected chi connectivity index (χ0v) is 12.9. The van der Waals surface area contributed by atoms with Crippen molar-refractivity contribution >= 4 is 0 Å². The summed E-state index contributed by atoms with van der Waals surface area (Å²) in [5.74, 6) is 0.520. The highest BCUT2D eigenvalue weighted by Gasteiger charge is 2.15. The molecule has 0 aliphatic heterocycles. The van der Waals surface area contributed by atoms with Crippen molar-refractivity contribution in [3.05, 3.63) is 56.8 Å². The SMILES string of the molecule is CC(CC(O)c1ccco1)NCc1cn(C)c(=O)n(C)c1=O. The van der Waals surface area contributed by atoms with Crippen molar-refractivity contribution in [2.45, 2.75) is 32.0 Å². The van der Waals surface area contributed by atoms with Crippen molar-refractivity contribution in [3.63, 3.8) is 0 Å². The van der Waals surface area contributed by atoms with E-state index in [2.05, 4.69) is 5.32 Å².